The molecule has 0 aliphatic carbocycles. The van der Waals surface area contributed by atoms with E-state index in [1.165, 1.54) is 0 Å². The van der Waals surface area contributed by atoms with E-state index >= 15 is 0 Å². The first-order chi connectivity index (χ1) is 9.88. The van der Waals surface area contributed by atoms with Gasteiger partial charge in [0.05, 0.1) is 6.20 Å². The van der Waals surface area contributed by atoms with E-state index in [1.807, 2.05) is 44.1 Å². The molecule has 2 N–H and O–H groups in total. The van der Waals surface area contributed by atoms with Gasteiger partial charge in [-0.15, -0.1) is 0 Å². The molecule has 1 heterocycles. The fraction of sp³-hybridized carbons (Fsp3) is 0.200. The van der Waals surface area contributed by atoms with E-state index in [-0.39, 0.29) is 11.4 Å². The molecule has 5 nitrogen and oxygen atoms in total. The van der Waals surface area contributed by atoms with Crippen LogP contribution >= 0.6 is 0 Å². The number of carboxylic acid groups (broad SMARTS) is 1. The van der Waals surface area contributed by atoms with Gasteiger partial charge >= 0.3 is 5.97 Å². The second-order valence-electron chi connectivity index (χ2n) is 4.88. The zero-order valence-electron chi connectivity index (χ0n) is 12.0. The maximum absolute atomic E-state index is 13.1. The molecule has 2 aromatic rings. The molecule has 21 heavy (non-hydrogen) atoms. The van der Waals surface area contributed by atoms with Crippen LogP contribution < -0.4 is 10.2 Å². The molecule has 0 saturated heterocycles. The molecule has 0 aliphatic heterocycles. The van der Waals surface area contributed by atoms with Crippen LogP contribution in [-0.2, 0) is 0 Å². The number of rotatable bonds is 4. The predicted octanol–water partition coefficient (Wildman–Crippen LogP) is 3.04. The Kier molecular flexibility index (Phi) is 4.07. The van der Waals surface area contributed by atoms with Gasteiger partial charge in [-0.25, -0.2) is 14.2 Å². The van der Waals surface area contributed by atoms with Crippen molar-refractivity contribution in [2.24, 2.45) is 0 Å². The molecule has 0 fully saturated rings. The maximum atomic E-state index is 13.1. The van der Waals surface area contributed by atoms with Crippen molar-refractivity contribution in [3.63, 3.8) is 0 Å². The van der Waals surface area contributed by atoms with Crippen LogP contribution in [0.4, 0.5) is 21.6 Å². The first-order valence-electron chi connectivity index (χ1n) is 6.32. The number of nitrogens with zero attached hydrogens (tertiary/aromatic N) is 2. The van der Waals surface area contributed by atoms with Crippen LogP contribution in [0.3, 0.4) is 0 Å². The largest absolute Gasteiger partial charge is 0.478 e. The van der Waals surface area contributed by atoms with Gasteiger partial charge in [-0.1, -0.05) is 6.07 Å². The fourth-order valence-corrected chi connectivity index (χ4v) is 2.01. The van der Waals surface area contributed by atoms with Crippen molar-refractivity contribution in [3.8, 4) is 0 Å². The molecule has 6 heteroatoms. The third kappa shape index (κ3) is 3.28. The minimum Gasteiger partial charge on any atom is -0.478 e. The van der Waals surface area contributed by atoms with Gasteiger partial charge in [-0.3, -0.25) is 0 Å². The van der Waals surface area contributed by atoms with Gasteiger partial charge in [-0.2, -0.15) is 0 Å². The van der Waals surface area contributed by atoms with E-state index in [4.69, 9.17) is 5.11 Å². The number of aromatic carboxylic acids is 1. The predicted molar refractivity (Wildman–Crippen MR) is 79.9 cm³/mol. The Morgan fingerprint density at radius 2 is 2.05 bits per heavy atom. The molecule has 0 unspecified atom stereocenters. The highest BCUT2D eigenvalue weighted by molar-refractivity contribution is 5.94. The molecule has 1 aromatic heterocycles. The molecule has 0 aliphatic rings. The molecule has 0 radical (unpaired) electrons. The minimum atomic E-state index is -1.23. The summed E-state index contributed by atoms with van der Waals surface area (Å²) >= 11 is 0. The van der Waals surface area contributed by atoms with Gasteiger partial charge in [0, 0.05) is 25.5 Å². The first-order valence-corrected chi connectivity index (χ1v) is 6.32. The van der Waals surface area contributed by atoms with Crippen LogP contribution in [0.15, 0.2) is 30.5 Å². The van der Waals surface area contributed by atoms with Gasteiger partial charge in [-0.05, 0) is 30.7 Å². The van der Waals surface area contributed by atoms with Gasteiger partial charge in [0.15, 0.2) is 0 Å². The zero-order chi connectivity index (χ0) is 15.6. The molecule has 0 amide bonds. The molecule has 0 atom stereocenters. The molecule has 1 aromatic carbocycles. The molecule has 2 rings (SSSR count). The van der Waals surface area contributed by atoms with Gasteiger partial charge in [0.1, 0.15) is 17.2 Å². The van der Waals surface area contributed by atoms with Crippen molar-refractivity contribution in [2.45, 2.75) is 6.92 Å². The van der Waals surface area contributed by atoms with Crippen LogP contribution in [0.1, 0.15) is 15.9 Å². The minimum absolute atomic E-state index is 0.109. The summed E-state index contributed by atoms with van der Waals surface area (Å²) in [7, 11) is 3.84. The Balaban J connectivity index is 2.39. The van der Waals surface area contributed by atoms with Gasteiger partial charge < -0.3 is 15.3 Å². The van der Waals surface area contributed by atoms with Crippen molar-refractivity contribution in [3.05, 3.63) is 47.4 Å². The third-order valence-electron chi connectivity index (χ3n) is 3.04. The summed E-state index contributed by atoms with van der Waals surface area (Å²) in [5.74, 6) is -1.81. The van der Waals surface area contributed by atoms with Crippen LogP contribution in [0.25, 0.3) is 0 Å². The highest BCUT2D eigenvalue weighted by atomic mass is 19.1. The van der Waals surface area contributed by atoms with E-state index < -0.39 is 11.8 Å². The van der Waals surface area contributed by atoms with Crippen LogP contribution in [-0.4, -0.2) is 30.2 Å². The molecule has 0 spiro atoms. The quantitative estimate of drug-likeness (QED) is 0.905. The van der Waals surface area contributed by atoms with Crippen molar-refractivity contribution in [1.82, 2.24) is 4.98 Å². The Bertz CT molecular complexity index is 687. The fourth-order valence-electron chi connectivity index (χ4n) is 2.01. The lowest BCUT2D eigenvalue weighted by molar-refractivity contribution is 0.0697. The third-order valence-corrected chi connectivity index (χ3v) is 3.04. The Hall–Kier alpha value is -2.63. The molecular weight excluding hydrogens is 273 g/mol. The van der Waals surface area contributed by atoms with E-state index in [1.54, 1.807) is 0 Å². The number of benzene rings is 1. The Morgan fingerprint density at radius 3 is 2.67 bits per heavy atom. The smallest absolute Gasteiger partial charge is 0.339 e. The lowest BCUT2D eigenvalue weighted by Crippen LogP contribution is -2.11. The summed E-state index contributed by atoms with van der Waals surface area (Å²) in [6, 6.07) is 6.56. The Morgan fingerprint density at radius 1 is 1.33 bits per heavy atom. The van der Waals surface area contributed by atoms with Crippen LogP contribution in [0, 0.1) is 12.7 Å². The topological polar surface area (TPSA) is 65.5 Å². The highest BCUT2D eigenvalue weighted by Gasteiger charge is 2.13. The highest BCUT2D eigenvalue weighted by Crippen LogP contribution is 2.26. The van der Waals surface area contributed by atoms with E-state index in [2.05, 4.69) is 10.3 Å². The number of carbonyl (C=O) groups is 1. The summed E-state index contributed by atoms with van der Waals surface area (Å²) in [6.07, 6.45) is 0.982. The van der Waals surface area contributed by atoms with Crippen molar-refractivity contribution in [1.29, 1.82) is 0 Å². The van der Waals surface area contributed by atoms with Crippen molar-refractivity contribution < 1.29 is 14.3 Å². The number of hydrogen-bond acceptors (Lipinski definition) is 4. The van der Waals surface area contributed by atoms with Gasteiger partial charge in [0.25, 0.3) is 0 Å². The van der Waals surface area contributed by atoms with Crippen LogP contribution in [0.5, 0.6) is 0 Å². The van der Waals surface area contributed by atoms with Crippen LogP contribution in [0.2, 0.25) is 0 Å². The standard InChI is InChI=1S/C15H16FN3O2/c1-9-4-5-11(7-13(9)19(2)3)18-14-12(15(20)21)6-10(16)8-17-14/h4-8H,1-3H3,(H,17,18)(H,20,21). The number of aromatic nitrogens is 1. The first kappa shape index (κ1) is 14.8. The maximum Gasteiger partial charge on any atom is 0.339 e. The average molecular weight is 289 g/mol. The second kappa shape index (κ2) is 5.78. The summed E-state index contributed by atoms with van der Waals surface area (Å²) < 4.78 is 13.1. The average Bonchev–Trinajstić information content (AvgIpc) is 2.42. The number of carboxylic acids is 1. The van der Waals surface area contributed by atoms with Gasteiger partial charge in [0.2, 0.25) is 0 Å². The normalized spacial score (nSPS) is 10.3. The number of halogens is 1. The monoisotopic (exact) mass is 289 g/mol. The number of aryl methyl sites for hydroxylation is 1. The van der Waals surface area contributed by atoms with E-state index in [0.29, 0.717) is 5.69 Å². The zero-order valence-corrected chi connectivity index (χ0v) is 12.0. The lowest BCUT2D eigenvalue weighted by Gasteiger charge is -2.17. The van der Waals surface area contributed by atoms with Crippen molar-refractivity contribution >= 4 is 23.2 Å². The number of nitrogens with one attached hydrogen (secondary N) is 1. The number of hydrogen-bond donors (Lipinski definition) is 2. The summed E-state index contributed by atoms with van der Waals surface area (Å²) in [6.45, 7) is 1.98. The molecule has 0 bridgehead atoms. The lowest BCUT2D eigenvalue weighted by atomic mass is 10.1. The van der Waals surface area contributed by atoms with Crippen molar-refractivity contribution in [2.75, 3.05) is 24.3 Å². The Labute approximate surface area is 122 Å². The second-order valence-corrected chi connectivity index (χ2v) is 4.88. The summed E-state index contributed by atoms with van der Waals surface area (Å²) in [5.41, 5.74) is 2.57. The van der Waals surface area contributed by atoms with E-state index in [9.17, 15) is 9.18 Å². The van der Waals surface area contributed by atoms with E-state index in [0.717, 1.165) is 23.5 Å². The molecule has 0 saturated carbocycles. The number of pyridine rings is 1. The molecular formula is C15H16FN3O2. The molecule has 110 valence electrons. The summed E-state index contributed by atoms with van der Waals surface area (Å²) in [5, 5.41) is 12.0. The SMILES string of the molecule is Cc1ccc(Nc2ncc(F)cc2C(=O)O)cc1N(C)C. The summed E-state index contributed by atoms with van der Waals surface area (Å²) in [4.78, 5) is 16.9. The number of anilines is 3.